The van der Waals surface area contributed by atoms with E-state index in [1.165, 1.54) is 0 Å². The molecule has 0 radical (unpaired) electrons. The number of pyridine rings is 1. The number of fused-ring (bicyclic) bond motifs is 1. The van der Waals surface area contributed by atoms with Gasteiger partial charge < -0.3 is 10.6 Å². The number of para-hydroxylation sites is 1. The van der Waals surface area contributed by atoms with Gasteiger partial charge in [0.25, 0.3) is 0 Å². The van der Waals surface area contributed by atoms with Crippen LogP contribution >= 0.6 is 0 Å². The van der Waals surface area contributed by atoms with Gasteiger partial charge >= 0.3 is 0 Å². The molecule has 6 nitrogen and oxygen atoms in total. The summed E-state index contributed by atoms with van der Waals surface area (Å²) in [5.74, 6) is -0.885. The Hall–Kier alpha value is -3.72. The molecule has 0 aliphatic carbocycles. The molecule has 3 aromatic rings. The zero-order chi connectivity index (χ0) is 19.4. The molecule has 1 heterocycles. The highest BCUT2D eigenvalue weighted by Gasteiger charge is 2.36. The molecule has 134 valence electrons. The zero-order valence-electron chi connectivity index (χ0n) is 15.0. The average molecular weight is 358 g/mol. The lowest BCUT2D eigenvalue weighted by Crippen LogP contribution is -2.41. The predicted molar refractivity (Wildman–Crippen MR) is 104 cm³/mol. The number of anilines is 2. The Kier molecular flexibility index (Phi) is 4.86. The Bertz CT molecular complexity index is 1040. The first-order valence-corrected chi connectivity index (χ1v) is 8.38. The molecule has 2 aromatic carbocycles. The molecule has 0 aliphatic heterocycles. The summed E-state index contributed by atoms with van der Waals surface area (Å²) in [4.78, 5) is 29.7. The van der Waals surface area contributed by atoms with Gasteiger partial charge in [0.05, 0.1) is 22.8 Å². The van der Waals surface area contributed by atoms with E-state index in [-0.39, 0.29) is 0 Å². The van der Waals surface area contributed by atoms with Crippen LogP contribution in [0.4, 0.5) is 11.4 Å². The fourth-order valence-corrected chi connectivity index (χ4v) is 2.50. The van der Waals surface area contributed by atoms with Crippen LogP contribution in [0.5, 0.6) is 0 Å². The van der Waals surface area contributed by atoms with Crippen molar-refractivity contribution in [2.45, 2.75) is 13.8 Å². The fourth-order valence-electron chi connectivity index (χ4n) is 2.50. The summed E-state index contributed by atoms with van der Waals surface area (Å²) in [6.07, 6.45) is 1.65. The number of carbonyl (C=O) groups excluding carboxylic acids is 2. The quantitative estimate of drug-likeness (QED) is 0.695. The summed E-state index contributed by atoms with van der Waals surface area (Å²) in [5.41, 5.74) is 0.916. The number of rotatable bonds is 4. The molecule has 0 unspecified atom stereocenters. The molecule has 3 rings (SSSR count). The molecule has 0 atom stereocenters. The van der Waals surface area contributed by atoms with Gasteiger partial charge in [0, 0.05) is 17.3 Å². The van der Waals surface area contributed by atoms with Crippen molar-refractivity contribution >= 4 is 34.1 Å². The molecule has 6 heteroatoms. The number of amides is 2. The number of carbonyl (C=O) groups is 2. The van der Waals surface area contributed by atoms with E-state index >= 15 is 0 Å². The molecule has 0 saturated heterocycles. The van der Waals surface area contributed by atoms with Gasteiger partial charge in [-0.15, -0.1) is 0 Å². The number of benzene rings is 2. The largest absolute Gasteiger partial charge is 0.325 e. The van der Waals surface area contributed by atoms with Crippen LogP contribution in [0, 0.1) is 16.7 Å². The standard InChI is InChI=1S/C21H18N4O2/c1-21(2,19(26)24-16-10-8-14(13-22)9-11-16)20(27)25-17-7-3-5-15-6-4-12-23-18(15)17/h3-12H,1-2H3,(H,24,26)(H,25,27). The number of nitriles is 1. The molecule has 2 N–H and O–H groups in total. The molecule has 0 fully saturated rings. The molecule has 0 bridgehead atoms. The van der Waals surface area contributed by atoms with E-state index in [0.717, 1.165) is 5.39 Å². The molecule has 27 heavy (non-hydrogen) atoms. The van der Waals surface area contributed by atoms with Crippen molar-refractivity contribution < 1.29 is 9.59 Å². The summed E-state index contributed by atoms with van der Waals surface area (Å²) in [7, 11) is 0. The van der Waals surface area contributed by atoms with Crippen molar-refractivity contribution in [3.8, 4) is 6.07 Å². The number of hydrogen-bond donors (Lipinski definition) is 2. The second-order valence-electron chi connectivity index (χ2n) is 6.60. The Morgan fingerprint density at radius 1 is 0.963 bits per heavy atom. The first-order valence-electron chi connectivity index (χ1n) is 8.38. The minimum absolute atomic E-state index is 0.438. The van der Waals surface area contributed by atoms with Gasteiger partial charge in [0.15, 0.2) is 0 Å². The highest BCUT2D eigenvalue weighted by atomic mass is 16.2. The van der Waals surface area contributed by atoms with Crippen molar-refractivity contribution in [3.63, 3.8) is 0 Å². The Morgan fingerprint density at radius 2 is 1.63 bits per heavy atom. The van der Waals surface area contributed by atoms with Crippen molar-refractivity contribution in [1.29, 1.82) is 5.26 Å². The highest BCUT2D eigenvalue weighted by molar-refractivity contribution is 6.15. The maximum Gasteiger partial charge on any atom is 0.239 e. The van der Waals surface area contributed by atoms with Crippen LogP contribution in [-0.2, 0) is 9.59 Å². The van der Waals surface area contributed by atoms with Crippen molar-refractivity contribution in [3.05, 3.63) is 66.4 Å². The second kappa shape index (κ2) is 7.26. The lowest BCUT2D eigenvalue weighted by atomic mass is 9.90. The Balaban J connectivity index is 1.77. The van der Waals surface area contributed by atoms with E-state index in [4.69, 9.17) is 5.26 Å². The van der Waals surface area contributed by atoms with E-state index in [1.807, 2.05) is 30.3 Å². The average Bonchev–Trinajstić information content (AvgIpc) is 2.68. The molecule has 0 aliphatic rings. The third-order valence-corrected chi connectivity index (χ3v) is 4.29. The monoisotopic (exact) mass is 358 g/mol. The van der Waals surface area contributed by atoms with Crippen LogP contribution in [0.3, 0.4) is 0 Å². The van der Waals surface area contributed by atoms with Crippen molar-refractivity contribution in [2.75, 3.05) is 10.6 Å². The molecule has 0 spiro atoms. The van der Waals surface area contributed by atoms with Gasteiger partial charge in [-0.3, -0.25) is 14.6 Å². The van der Waals surface area contributed by atoms with Gasteiger partial charge in [0.1, 0.15) is 5.41 Å². The lowest BCUT2D eigenvalue weighted by molar-refractivity contribution is -0.135. The van der Waals surface area contributed by atoms with Crippen LogP contribution < -0.4 is 10.6 Å². The Labute approximate surface area is 156 Å². The third kappa shape index (κ3) is 3.77. The van der Waals surface area contributed by atoms with Gasteiger partial charge in [0.2, 0.25) is 11.8 Å². The molecule has 2 amide bonds. The van der Waals surface area contributed by atoms with E-state index in [9.17, 15) is 9.59 Å². The number of nitrogens with one attached hydrogen (secondary N) is 2. The summed E-state index contributed by atoms with van der Waals surface area (Å²) in [6, 6.07) is 17.7. The minimum Gasteiger partial charge on any atom is -0.325 e. The Morgan fingerprint density at radius 3 is 2.33 bits per heavy atom. The summed E-state index contributed by atoms with van der Waals surface area (Å²) in [5, 5.41) is 15.2. The van der Waals surface area contributed by atoms with E-state index in [2.05, 4.69) is 15.6 Å². The number of hydrogen-bond acceptors (Lipinski definition) is 4. The van der Waals surface area contributed by atoms with Gasteiger partial charge in [-0.05, 0) is 50.2 Å². The minimum atomic E-state index is -1.31. The van der Waals surface area contributed by atoms with E-state index < -0.39 is 17.2 Å². The summed E-state index contributed by atoms with van der Waals surface area (Å²) >= 11 is 0. The first-order chi connectivity index (χ1) is 12.9. The summed E-state index contributed by atoms with van der Waals surface area (Å²) < 4.78 is 0. The summed E-state index contributed by atoms with van der Waals surface area (Å²) in [6.45, 7) is 3.11. The highest BCUT2D eigenvalue weighted by Crippen LogP contribution is 2.25. The maximum absolute atomic E-state index is 12.8. The first kappa shape index (κ1) is 18.1. The topological polar surface area (TPSA) is 94.9 Å². The van der Waals surface area contributed by atoms with E-state index in [0.29, 0.717) is 22.5 Å². The van der Waals surface area contributed by atoms with Crippen molar-refractivity contribution in [2.24, 2.45) is 5.41 Å². The number of nitrogens with zero attached hydrogens (tertiary/aromatic N) is 2. The fraction of sp³-hybridized carbons (Fsp3) is 0.143. The van der Waals surface area contributed by atoms with Crippen LogP contribution in [0.25, 0.3) is 10.9 Å². The molecular weight excluding hydrogens is 340 g/mol. The van der Waals surface area contributed by atoms with Crippen molar-refractivity contribution in [1.82, 2.24) is 4.98 Å². The predicted octanol–water partition coefficient (Wildman–Crippen LogP) is 3.71. The van der Waals surface area contributed by atoms with Crippen LogP contribution in [0.15, 0.2) is 60.8 Å². The van der Waals surface area contributed by atoms with Gasteiger partial charge in [-0.25, -0.2) is 0 Å². The van der Waals surface area contributed by atoms with E-state index in [1.54, 1.807) is 50.4 Å². The SMILES string of the molecule is CC(C)(C(=O)Nc1ccc(C#N)cc1)C(=O)Nc1cccc2cccnc12. The maximum atomic E-state index is 12.8. The third-order valence-electron chi connectivity index (χ3n) is 4.29. The van der Waals surface area contributed by atoms with Gasteiger partial charge in [-0.2, -0.15) is 5.26 Å². The molecule has 1 aromatic heterocycles. The molecule has 0 saturated carbocycles. The van der Waals surface area contributed by atoms with Crippen LogP contribution in [0.1, 0.15) is 19.4 Å². The lowest BCUT2D eigenvalue weighted by Gasteiger charge is -2.23. The number of aromatic nitrogens is 1. The zero-order valence-corrected chi connectivity index (χ0v) is 15.0. The normalized spacial score (nSPS) is 10.9. The van der Waals surface area contributed by atoms with Gasteiger partial charge in [-0.1, -0.05) is 18.2 Å². The molecular formula is C21H18N4O2. The van der Waals surface area contributed by atoms with Crippen LogP contribution in [0.2, 0.25) is 0 Å². The van der Waals surface area contributed by atoms with Crippen LogP contribution in [-0.4, -0.2) is 16.8 Å². The smallest absolute Gasteiger partial charge is 0.239 e. The second-order valence-corrected chi connectivity index (χ2v) is 6.60.